The Morgan fingerprint density at radius 2 is 2.26 bits per heavy atom. The second-order valence-corrected chi connectivity index (χ2v) is 6.77. The largest absolute Gasteiger partial charge is 0.339 e. The molecule has 0 aromatic carbocycles. The van der Waals surface area contributed by atoms with Gasteiger partial charge in [0.15, 0.2) is 11.0 Å². The summed E-state index contributed by atoms with van der Waals surface area (Å²) in [5.41, 5.74) is 0.922. The monoisotopic (exact) mass is 331 g/mol. The zero-order valence-corrected chi connectivity index (χ0v) is 14.3. The summed E-state index contributed by atoms with van der Waals surface area (Å²) in [4.78, 5) is 18.5. The van der Waals surface area contributed by atoms with Gasteiger partial charge in [-0.05, 0) is 38.3 Å². The van der Waals surface area contributed by atoms with Gasteiger partial charge in [0.05, 0.1) is 5.75 Å². The van der Waals surface area contributed by atoms with E-state index in [1.807, 2.05) is 28.6 Å². The van der Waals surface area contributed by atoms with Gasteiger partial charge >= 0.3 is 0 Å². The maximum Gasteiger partial charge on any atom is 0.233 e. The maximum atomic E-state index is 12.4. The number of nitrogens with zero attached hydrogens (tertiary/aromatic N) is 5. The van der Waals surface area contributed by atoms with Crippen molar-refractivity contribution in [1.82, 2.24) is 24.6 Å². The predicted octanol–water partition coefficient (Wildman–Crippen LogP) is 2.37. The molecular formula is C16H21N5OS. The van der Waals surface area contributed by atoms with E-state index in [1.54, 1.807) is 12.4 Å². The number of rotatable bonds is 4. The quantitative estimate of drug-likeness (QED) is 0.805. The Morgan fingerprint density at radius 1 is 1.39 bits per heavy atom. The van der Waals surface area contributed by atoms with E-state index in [9.17, 15) is 4.79 Å². The Labute approximate surface area is 140 Å². The van der Waals surface area contributed by atoms with E-state index >= 15 is 0 Å². The molecule has 0 saturated carbocycles. The predicted molar refractivity (Wildman–Crippen MR) is 90.0 cm³/mol. The zero-order chi connectivity index (χ0) is 16.2. The molecule has 6 nitrogen and oxygen atoms in total. The van der Waals surface area contributed by atoms with Crippen molar-refractivity contribution in [2.24, 2.45) is 7.05 Å². The molecule has 1 saturated heterocycles. The van der Waals surface area contributed by atoms with Gasteiger partial charge in [-0.15, -0.1) is 10.2 Å². The van der Waals surface area contributed by atoms with E-state index in [0.717, 1.165) is 35.9 Å². The van der Waals surface area contributed by atoms with Crippen LogP contribution in [-0.4, -0.2) is 48.9 Å². The highest BCUT2D eigenvalue weighted by Gasteiger charge is 2.23. The Kier molecular flexibility index (Phi) is 4.95. The first kappa shape index (κ1) is 16.0. The molecule has 1 amide bonds. The summed E-state index contributed by atoms with van der Waals surface area (Å²) >= 11 is 1.44. The lowest BCUT2D eigenvalue weighted by Gasteiger charge is -2.33. The molecule has 2 aromatic heterocycles. The van der Waals surface area contributed by atoms with Gasteiger partial charge < -0.3 is 9.47 Å². The first-order chi connectivity index (χ1) is 11.2. The summed E-state index contributed by atoms with van der Waals surface area (Å²) in [6, 6.07) is 4.17. The summed E-state index contributed by atoms with van der Waals surface area (Å²) in [6.07, 6.45) is 6.92. The number of amides is 1. The Balaban J connectivity index is 1.65. The highest BCUT2D eigenvalue weighted by Crippen LogP contribution is 2.23. The summed E-state index contributed by atoms with van der Waals surface area (Å²) in [5.74, 6) is 1.36. The summed E-state index contributed by atoms with van der Waals surface area (Å²) < 4.78 is 1.91. The Morgan fingerprint density at radius 3 is 3.00 bits per heavy atom. The molecule has 1 aliphatic rings. The van der Waals surface area contributed by atoms with E-state index in [1.165, 1.54) is 18.2 Å². The number of carbonyl (C=O) groups is 1. The Hall–Kier alpha value is -1.89. The van der Waals surface area contributed by atoms with Crippen LogP contribution in [0.25, 0.3) is 11.4 Å². The van der Waals surface area contributed by atoms with Gasteiger partial charge in [-0.2, -0.15) is 0 Å². The second-order valence-electron chi connectivity index (χ2n) is 5.83. The fourth-order valence-corrected chi connectivity index (χ4v) is 3.66. The smallest absolute Gasteiger partial charge is 0.233 e. The van der Waals surface area contributed by atoms with E-state index in [-0.39, 0.29) is 5.91 Å². The van der Waals surface area contributed by atoms with Crippen LogP contribution in [0.3, 0.4) is 0 Å². The number of thioether (sulfide) groups is 1. The van der Waals surface area contributed by atoms with Crippen LogP contribution >= 0.6 is 11.8 Å². The van der Waals surface area contributed by atoms with Gasteiger partial charge in [0.25, 0.3) is 0 Å². The average molecular weight is 331 g/mol. The fourth-order valence-electron chi connectivity index (χ4n) is 2.86. The van der Waals surface area contributed by atoms with Gasteiger partial charge in [-0.25, -0.2) is 0 Å². The highest BCUT2D eigenvalue weighted by molar-refractivity contribution is 7.99. The van der Waals surface area contributed by atoms with Crippen LogP contribution < -0.4 is 0 Å². The number of carbonyl (C=O) groups excluding carboxylic acids is 1. The lowest BCUT2D eigenvalue weighted by atomic mass is 10.0. The van der Waals surface area contributed by atoms with Crippen molar-refractivity contribution in [2.45, 2.75) is 37.4 Å². The minimum Gasteiger partial charge on any atom is -0.339 e. The molecule has 3 rings (SSSR count). The van der Waals surface area contributed by atoms with Gasteiger partial charge in [0.2, 0.25) is 5.91 Å². The third kappa shape index (κ3) is 3.55. The van der Waals surface area contributed by atoms with E-state index in [4.69, 9.17) is 0 Å². The van der Waals surface area contributed by atoms with Crippen molar-refractivity contribution < 1.29 is 4.79 Å². The average Bonchev–Trinajstić information content (AvgIpc) is 2.94. The van der Waals surface area contributed by atoms with Gasteiger partial charge in [-0.3, -0.25) is 9.78 Å². The number of hydrogen-bond acceptors (Lipinski definition) is 5. The molecule has 0 spiro atoms. The molecule has 122 valence electrons. The van der Waals surface area contributed by atoms with Crippen LogP contribution in [0.5, 0.6) is 0 Å². The van der Waals surface area contributed by atoms with Crippen molar-refractivity contribution in [3.05, 3.63) is 24.5 Å². The number of pyridine rings is 1. The molecule has 3 heterocycles. The molecule has 2 aromatic rings. The number of hydrogen-bond donors (Lipinski definition) is 0. The zero-order valence-electron chi connectivity index (χ0n) is 13.5. The molecular weight excluding hydrogens is 310 g/mol. The van der Waals surface area contributed by atoms with E-state index < -0.39 is 0 Å². The summed E-state index contributed by atoms with van der Waals surface area (Å²) in [7, 11) is 1.92. The molecule has 0 bridgehead atoms. The lowest BCUT2D eigenvalue weighted by Crippen LogP contribution is -2.42. The molecule has 1 unspecified atom stereocenters. The molecule has 1 aliphatic heterocycles. The van der Waals surface area contributed by atoms with Crippen LogP contribution in [0.15, 0.2) is 29.7 Å². The highest BCUT2D eigenvalue weighted by atomic mass is 32.2. The van der Waals surface area contributed by atoms with Crippen molar-refractivity contribution in [2.75, 3.05) is 12.3 Å². The van der Waals surface area contributed by atoms with Crippen molar-refractivity contribution in [3.8, 4) is 11.4 Å². The second kappa shape index (κ2) is 7.12. The number of aromatic nitrogens is 4. The molecule has 1 atom stereocenters. The topological polar surface area (TPSA) is 63.9 Å². The van der Waals surface area contributed by atoms with Crippen LogP contribution in [0, 0.1) is 0 Å². The number of piperidine rings is 1. The van der Waals surface area contributed by atoms with Crippen molar-refractivity contribution in [1.29, 1.82) is 0 Å². The maximum absolute atomic E-state index is 12.4. The van der Waals surface area contributed by atoms with Crippen LogP contribution in [0.2, 0.25) is 0 Å². The van der Waals surface area contributed by atoms with Gasteiger partial charge in [0, 0.05) is 37.6 Å². The molecule has 23 heavy (non-hydrogen) atoms. The Bertz CT molecular complexity index is 672. The minimum absolute atomic E-state index is 0.188. The van der Waals surface area contributed by atoms with Crippen molar-refractivity contribution in [3.63, 3.8) is 0 Å². The molecule has 7 heteroatoms. The fraction of sp³-hybridized carbons (Fsp3) is 0.500. The van der Waals surface area contributed by atoms with Crippen LogP contribution in [0.1, 0.15) is 26.2 Å². The summed E-state index contributed by atoms with van der Waals surface area (Å²) in [6.45, 7) is 3.00. The number of likely N-dealkylation sites (tertiary alicyclic amines) is 1. The van der Waals surface area contributed by atoms with Crippen LogP contribution in [-0.2, 0) is 11.8 Å². The first-order valence-corrected chi connectivity index (χ1v) is 8.87. The van der Waals surface area contributed by atoms with Crippen LogP contribution in [0.4, 0.5) is 0 Å². The van der Waals surface area contributed by atoms with E-state index in [2.05, 4.69) is 22.1 Å². The molecule has 1 fully saturated rings. The van der Waals surface area contributed by atoms with Gasteiger partial charge in [-0.1, -0.05) is 11.8 Å². The normalized spacial score (nSPS) is 18.2. The van der Waals surface area contributed by atoms with Crippen molar-refractivity contribution >= 4 is 17.7 Å². The first-order valence-electron chi connectivity index (χ1n) is 7.89. The molecule has 0 radical (unpaired) electrons. The summed E-state index contributed by atoms with van der Waals surface area (Å²) in [5, 5.41) is 9.18. The lowest BCUT2D eigenvalue weighted by molar-refractivity contribution is -0.131. The SMILES string of the molecule is CC1CCCCN1C(=O)CSc1nnc(-c2cccnc2)n1C. The molecule has 0 aliphatic carbocycles. The van der Waals surface area contributed by atoms with E-state index in [0.29, 0.717) is 11.8 Å². The minimum atomic E-state index is 0.188. The van der Waals surface area contributed by atoms with Gasteiger partial charge in [0.1, 0.15) is 0 Å². The third-order valence-electron chi connectivity index (χ3n) is 4.20. The molecule has 0 N–H and O–H groups in total. The third-order valence-corrected chi connectivity index (χ3v) is 5.21. The standard InChI is InChI=1S/C16H21N5OS/c1-12-6-3-4-9-21(12)14(22)11-23-16-19-18-15(20(16)2)13-7-5-8-17-10-13/h5,7-8,10,12H,3-4,6,9,11H2,1-2H3.